The van der Waals surface area contributed by atoms with Crippen LogP contribution >= 0.6 is 11.6 Å². The molecule has 0 fully saturated rings. The van der Waals surface area contributed by atoms with Crippen LogP contribution in [0, 0.1) is 13.8 Å². The van der Waals surface area contributed by atoms with Gasteiger partial charge in [-0.1, -0.05) is 6.08 Å². The molecule has 1 aliphatic carbocycles. The van der Waals surface area contributed by atoms with E-state index in [0.717, 1.165) is 62.7 Å². The quantitative estimate of drug-likeness (QED) is 0.335. The number of rotatable bonds is 6. The van der Waals surface area contributed by atoms with E-state index in [-0.39, 0.29) is 5.28 Å². The van der Waals surface area contributed by atoms with E-state index >= 15 is 0 Å². The Morgan fingerprint density at radius 1 is 0.789 bits per heavy atom. The smallest absolute Gasteiger partial charge is 0.233 e. The molecule has 0 radical (unpaired) electrons. The third kappa shape index (κ3) is 5.38. The fourth-order valence-corrected chi connectivity index (χ4v) is 4.66. The summed E-state index contributed by atoms with van der Waals surface area (Å²) in [5.41, 5.74) is 8.79. The topological polar surface area (TPSA) is 95.0 Å². The van der Waals surface area contributed by atoms with Crippen LogP contribution in [0.5, 0.6) is 0 Å². The fourth-order valence-electron chi connectivity index (χ4n) is 4.49. The summed E-state index contributed by atoms with van der Waals surface area (Å²) < 4.78 is 0. The summed E-state index contributed by atoms with van der Waals surface area (Å²) in [5.74, 6) is 0.675. The molecule has 0 bridgehead atoms. The Bertz CT molecular complexity index is 1590. The van der Waals surface area contributed by atoms with Crippen LogP contribution in [0.2, 0.25) is 5.28 Å². The maximum absolute atomic E-state index is 6.30. The number of pyridine rings is 2. The molecular weight excluding hydrogens is 498 g/mol. The van der Waals surface area contributed by atoms with Gasteiger partial charge in [0.1, 0.15) is 0 Å². The van der Waals surface area contributed by atoms with Gasteiger partial charge < -0.3 is 20.4 Å². The number of hydrogen-bond acceptors (Lipinski definition) is 9. The molecule has 0 unspecified atom stereocenters. The van der Waals surface area contributed by atoms with E-state index in [1.807, 2.05) is 66.3 Å². The molecule has 0 saturated heterocycles. The van der Waals surface area contributed by atoms with Gasteiger partial charge in [-0.25, -0.2) is 0 Å². The summed E-state index contributed by atoms with van der Waals surface area (Å²) in [6.07, 6.45) is 6.87. The molecule has 4 aromatic rings. The van der Waals surface area contributed by atoms with Crippen LogP contribution in [0.25, 0.3) is 17.0 Å². The molecule has 0 atom stereocenters. The molecule has 0 amide bonds. The van der Waals surface area contributed by atoms with E-state index in [4.69, 9.17) is 16.6 Å². The van der Waals surface area contributed by atoms with Gasteiger partial charge in [0.25, 0.3) is 0 Å². The molecule has 1 aliphatic rings. The Balaban J connectivity index is 1.45. The van der Waals surface area contributed by atoms with Crippen molar-refractivity contribution in [2.45, 2.75) is 20.3 Å². The maximum atomic E-state index is 6.30. The van der Waals surface area contributed by atoms with Crippen LogP contribution in [-0.2, 0) is 6.42 Å². The van der Waals surface area contributed by atoms with E-state index in [1.165, 1.54) is 0 Å². The largest absolute Gasteiger partial charge is 0.377 e. The Labute approximate surface area is 227 Å². The monoisotopic (exact) mass is 527 g/mol. The zero-order valence-corrected chi connectivity index (χ0v) is 23.1. The maximum Gasteiger partial charge on any atom is 0.233 e. The summed E-state index contributed by atoms with van der Waals surface area (Å²) in [6.45, 7) is 4.01. The van der Waals surface area contributed by atoms with Crippen LogP contribution in [0.1, 0.15) is 22.6 Å². The Morgan fingerprint density at radius 2 is 1.47 bits per heavy atom. The lowest BCUT2D eigenvalue weighted by Gasteiger charge is -2.19. The van der Waals surface area contributed by atoms with Crippen molar-refractivity contribution in [3.63, 3.8) is 0 Å². The first-order valence-corrected chi connectivity index (χ1v) is 12.6. The number of fused-ring (bicyclic) bond motifs is 2. The van der Waals surface area contributed by atoms with Gasteiger partial charge in [0, 0.05) is 79.7 Å². The average molecular weight is 528 g/mol. The standard InChI is InChI=1S/C28H30ClN9/c1-16-12-24(37(3)4)20-14-18(8-7-9-22(20)30-16)32-27-34-26(29)35-28(36-27)33-19-10-11-23-21(15-19)25(38(5)6)13-17(2)31-23/h7-8,10-15H,9H2,1-6H3,(H2,32,33,34,35,36). The van der Waals surface area contributed by atoms with Crippen molar-refractivity contribution < 1.29 is 0 Å². The van der Waals surface area contributed by atoms with Crippen molar-refractivity contribution >= 4 is 57.5 Å². The molecule has 1 aromatic carbocycles. The van der Waals surface area contributed by atoms with Gasteiger partial charge in [-0.15, -0.1) is 0 Å². The highest BCUT2D eigenvalue weighted by atomic mass is 35.5. The summed E-state index contributed by atoms with van der Waals surface area (Å²) in [4.78, 5) is 26.7. The van der Waals surface area contributed by atoms with Gasteiger partial charge >= 0.3 is 0 Å². The lowest BCUT2D eigenvalue weighted by Crippen LogP contribution is -2.13. The zero-order chi connectivity index (χ0) is 27.0. The number of nitrogens with zero attached hydrogens (tertiary/aromatic N) is 7. The minimum Gasteiger partial charge on any atom is -0.377 e. The highest BCUT2D eigenvalue weighted by molar-refractivity contribution is 6.28. The van der Waals surface area contributed by atoms with Gasteiger partial charge in [0.15, 0.2) is 0 Å². The van der Waals surface area contributed by atoms with Crippen molar-refractivity contribution in [3.05, 3.63) is 76.1 Å². The molecule has 3 aromatic heterocycles. The third-order valence-electron chi connectivity index (χ3n) is 6.15. The van der Waals surface area contributed by atoms with Gasteiger partial charge in [-0.05, 0) is 67.9 Å². The first-order valence-electron chi connectivity index (χ1n) is 12.3. The van der Waals surface area contributed by atoms with Crippen molar-refractivity contribution in [1.82, 2.24) is 24.9 Å². The minimum absolute atomic E-state index is 0.0851. The Kier molecular flexibility index (Phi) is 6.86. The lowest BCUT2D eigenvalue weighted by atomic mass is 10.1. The second-order valence-electron chi connectivity index (χ2n) is 9.65. The van der Waals surface area contributed by atoms with E-state index < -0.39 is 0 Å². The van der Waals surface area contributed by atoms with Gasteiger partial charge in [0.05, 0.1) is 11.2 Å². The van der Waals surface area contributed by atoms with Crippen molar-refractivity contribution in [3.8, 4) is 0 Å². The van der Waals surface area contributed by atoms with E-state index in [9.17, 15) is 0 Å². The third-order valence-corrected chi connectivity index (χ3v) is 6.32. The van der Waals surface area contributed by atoms with Crippen LogP contribution in [0.3, 0.4) is 0 Å². The number of aromatic nitrogens is 5. The first-order chi connectivity index (χ1) is 18.2. The molecule has 194 valence electrons. The minimum atomic E-state index is 0.0851. The van der Waals surface area contributed by atoms with Gasteiger partial charge in [-0.2, -0.15) is 15.0 Å². The molecular formula is C28H30ClN9. The molecule has 0 aliphatic heterocycles. The van der Waals surface area contributed by atoms with Gasteiger partial charge in [0.2, 0.25) is 17.2 Å². The molecule has 38 heavy (non-hydrogen) atoms. The highest BCUT2D eigenvalue weighted by Gasteiger charge is 2.15. The van der Waals surface area contributed by atoms with Crippen LogP contribution in [0.4, 0.5) is 29.0 Å². The second-order valence-corrected chi connectivity index (χ2v) is 9.99. The van der Waals surface area contributed by atoms with Crippen LogP contribution < -0.4 is 20.4 Å². The van der Waals surface area contributed by atoms with Crippen LogP contribution in [-0.4, -0.2) is 53.1 Å². The summed E-state index contributed by atoms with van der Waals surface area (Å²) in [6, 6.07) is 10.1. The number of aryl methyl sites for hydroxylation is 2. The van der Waals surface area contributed by atoms with Gasteiger partial charge in [-0.3, -0.25) is 9.97 Å². The second kappa shape index (κ2) is 10.3. The number of hydrogen-bond donors (Lipinski definition) is 2. The summed E-state index contributed by atoms with van der Waals surface area (Å²) in [7, 11) is 8.10. The van der Waals surface area contributed by atoms with E-state index in [0.29, 0.717) is 11.9 Å². The Morgan fingerprint density at radius 3 is 2.21 bits per heavy atom. The highest BCUT2D eigenvalue weighted by Crippen LogP contribution is 2.30. The predicted molar refractivity (Wildman–Crippen MR) is 157 cm³/mol. The normalized spacial score (nSPS) is 12.6. The van der Waals surface area contributed by atoms with Crippen molar-refractivity contribution in [2.24, 2.45) is 0 Å². The number of allylic oxidation sites excluding steroid dienone is 2. The molecule has 0 spiro atoms. The van der Waals surface area contributed by atoms with Crippen molar-refractivity contribution in [2.75, 3.05) is 48.6 Å². The first kappa shape index (κ1) is 25.4. The lowest BCUT2D eigenvalue weighted by molar-refractivity contribution is 1.03. The number of benzene rings is 1. The van der Waals surface area contributed by atoms with Crippen LogP contribution in [0.15, 0.2) is 48.2 Å². The van der Waals surface area contributed by atoms with Crippen molar-refractivity contribution in [1.29, 1.82) is 0 Å². The molecule has 2 N–H and O–H groups in total. The van der Waals surface area contributed by atoms with E-state index in [1.54, 1.807) is 0 Å². The summed E-state index contributed by atoms with van der Waals surface area (Å²) in [5, 5.41) is 7.67. The molecule has 0 saturated carbocycles. The number of anilines is 5. The SMILES string of the molecule is Cc1cc(N(C)C)c2c(n1)CC=CC(Nc1nc(Cl)nc(Nc3ccc4nc(C)cc(N(C)C)c4c3)n1)=C2. The molecule has 9 nitrogen and oxygen atoms in total. The zero-order valence-electron chi connectivity index (χ0n) is 22.3. The number of nitrogens with one attached hydrogen (secondary N) is 2. The molecule has 10 heteroatoms. The average Bonchev–Trinajstić information content (AvgIpc) is 3.04. The molecule has 3 heterocycles. The summed E-state index contributed by atoms with van der Waals surface area (Å²) >= 11 is 6.30. The molecule has 5 rings (SSSR count). The Hall–Kier alpha value is -4.24. The number of halogens is 1. The fraction of sp³-hybridized carbons (Fsp3) is 0.250. The van der Waals surface area contributed by atoms with E-state index in [2.05, 4.69) is 64.7 Å². The predicted octanol–water partition coefficient (Wildman–Crippen LogP) is 5.53.